The molecule has 2 aliphatic heterocycles. The van der Waals surface area contributed by atoms with Crippen molar-refractivity contribution in [1.29, 1.82) is 0 Å². The summed E-state index contributed by atoms with van der Waals surface area (Å²) in [6.45, 7) is 6.31. The summed E-state index contributed by atoms with van der Waals surface area (Å²) in [5.74, 6) is -0.350. The zero-order valence-electron chi connectivity index (χ0n) is 19.4. The van der Waals surface area contributed by atoms with Gasteiger partial charge in [0.15, 0.2) is 5.60 Å². The van der Waals surface area contributed by atoms with E-state index in [1.807, 2.05) is 30.3 Å². The second-order valence-electron chi connectivity index (χ2n) is 9.19. The summed E-state index contributed by atoms with van der Waals surface area (Å²) in [6.07, 6.45) is 0. The first-order chi connectivity index (χ1) is 15.7. The Bertz CT molecular complexity index is 1010. The largest absolute Gasteiger partial charge is 0.376 e. The van der Waals surface area contributed by atoms with E-state index in [2.05, 4.69) is 9.80 Å². The summed E-state index contributed by atoms with van der Waals surface area (Å²) in [5, 5.41) is 11.3. The zero-order valence-corrected chi connectivity index (χ0v) is 20.1. The van der Waals surface area contributed by atoms with Gasteiger partial charge in [-0.05, 0) is 30.7 Å². The van der Waals surface area contributed by atoms with Gasteiger partial charge in [0, 0.05) is 65.1 Å². The van der Waals surface area contributed by atoms with E-state index in [4.69, 9.17) is 11.6 Å². The summed E-state index contributed by atoms with van der Waals surface area (Å²) in [6, 6.07) is 15.0. The van der Waals surface area contributed by atoms with Gasteiger partial charge < -0.3 is 19.8 Å². The maximum Gasteiger partial charge on any atom is 0.258 e. The van der Waals surface area contributed by atoms with Crippen molar-refractivity contribution in [3.05, 3.63) is 64.7 Å². The minimum Gasteiger partial charge on any atom is -0.376 e. The molecule has 176 valence electrons. The smallest absolute Gasteiger partial charge is 0.258 e. The molecule has 7 nitrogen and oxygen atoms in total. The average Bonchev–Trinajstić information content (AvgIpc) is 2.78. The number of hydrogen-bond donors (Lipinski definition) is 1. The summed E-state index contributed by atoms with van der Waals surface area (Å²) in [7, 11) is 3.42. The summed E-state index contributed by atoms with van der Waals surface area (Å²) >= 11 is 6.38. The number of hydrogen-bond acceptors (Lipinski definition) is 5. The molecule has 0 unspecified atom stereocenters. The Labute approximate surface area is 200 Å². The minimum atomic E-state index is -1.51. The first kappa shape index (κ1) is 23.5. The van der Waals surface area contributed by atoms with E-state index in [1.54, 1.807) is 44.1 Å². The molecule has 2 fully saturated rings. The number of likely N-dealkylation sites (tertiary alicyclic amines) is 1. The van der Waals surface area contributed by atoms with Gasteiger partial charge in [-0.25, -0.2) is 0 Å². The molecule has 2 amide bonds. The van der Waals surface area contributed by atoms with E-state index in [0.29, 0.717) is 35.3 Å². The molecule has 0 saturated carbocycles. The molecule has 2 aliphatic rings. The Hall–Kier alpha value is -2.61. The lowest BCUT2D eigenvalue weighted by atomic mass is 9.92. The van der Waals surface area contributed by atoms with Gasteiger partial charge in [-0.1, -0.05) is 41.9 Å². The molecular weight excluding hydrogens is 440 g/mol. The van der Waals surface area contributed by atoms with Crippen LogP contribution in [0.3, 0.4) is 0 Å². The second-order valence-corrected chi connectivity index (χ2v) is 9.60. The maximum absolute atomic E-state index is 12.9. The quantitative estimate of drug-likeness (QED) is 0.726. The number of carbonyl (C=O) groups excluding carboxylic acids is 2. The van der Waals surface area contributed by atoms with Crippen LogP contribution < -0.4 is 4.90 Å². The fourth-order valence-corrected chi connectivity index (χ4v) is 4.76. The van der Waals surface area contributed by atoms with Crippen LogP contribution in [0.5, 0.6) is 0 Å². The number of amides is 2. The van der Waals surface area contributed by atoms with Crippen LogP contribution in [0.4, 0.5) is 5.69 Å². The van der Waals surface area contributed by atoms with Crippen molar-refractivity contribution in [2.75, 3.05) is 58.3 Å². The molecule has 1 atom stereocenters. The summed E-state index contributed by atoms with van der Waals surface area (Å²) in [4.78, 5) is 33.0. The lowest BCUT2D eigenvalue weighted by Gasteiger charge is -2.49. The maximum atomic E-state index is 12.9. The normalized spacial score (nSPS) is 19.1. The third kappa shape index (κ3) is 4.71. The molecule has 2 saturated heterocycles. The van der Waals surface area contributed by atoms with Crippen molar-refractivity contribution in [2.24, 2.45) is 0 Å². The number of rotatable bonds is 5. The number of anilines is 1. The highest BCUT2D eigenvalue weighted by atomic mass is 35.5. The van der Waals surface area contributed by atoms with Crippen LogP contribution in [0, 0.1) is 0 Å². The van der Waals surface area contributed by atoms with Crippen LogP contribution in [0.1, 0.15) is 22.8 Å². The Morgan fingerprint density at radius 3 is 2.24 bits per heavy atom. The number of benzene rings is 2. The van der Waals surface area contributed by atoms with Gasteiger partial charge in [0.25, 0.3) is 11.8 Å². The third-order valence-corrected chi connectivity index (χ3v) is 7.00. The first-order valence-electron chi connectivity index (χ1n) is 11.3. The standard InChI is InChI=1S/C25H31ClN4O3/c1-25(33,18-7-5-4-6-8-18)24(32)30-16-20(17-30)29-13-11-28(12-14-29)19-9-10-21(22(26)15-19)23(31)27(2)3/h4-10,15,20,33H,11-14,16-17H2,1-3H3/t25-/m0/s1. The second kappa shape index (κ2) is 9.33. The molecule has 0 radical (unpaired) electrons. The predicted octanol–water partition coefficient (Wildman–Crippen LogP) is 2.28. The third-order valence-electron chi connectivity index (χ3n) is 6.69. The van der Waals surface area contributed by atoms with Crippen molar-refractivity contribution in [3.63, 3.8) is 0 Å². The summed E-state index contributed by atoms with van der Waals surface area (Å²) < 4.78 is 0. The Balaban J connectivity index is 1.30. The van der Waals surface area contributed by atoms with Gasteiger partial charge in [0.05, 0.1) is 10.6 Å². The Morgan fingerprint density at radius 1 is 1.03 bits per heavy atom. The Morgan fingerprint density at radius 2 is 1.67 bits per heavy atom. The lowest BCUT2D eigenvalue weighted by Crippen LogP contribution is -2.66. The lowest BCUT2D eigenvalue weighted by molar-refractivity contribution is -0.158. The molecule has 2 aromatic carbocycles. The van der Waals surface area contributed by atoms with Gasteiger partial charge in [-0.15, -0.1) is 0 Å². The molecule has 0 spiro atoms. The highest BCUT2D eigenvalue weighted by molar-refractivity contribution is 6.34. The fourth-order valence-electron chi connectivity index (χ4n) is 4.51. The zero-order chi connectivity index (χ0) is 23.8. The fraction of sp³-hybridized carbons (Fsp3) is 0.440. The predicted molar refractivity (Wildman–Crippen MR) is 130 cm³/mol. The van der Waals surface area contributed by atoms with Gasteiger partial charge in [0.2, 0.25) is 0 Å². The number of carbonyl (C=O) groups is 2. The topological polar surface area (TPSA) is 67.3 Å². The minimum absolute atomic E-state index is 0.105. The van der Waals surface area contributed by atoms with Crippen LogP contribution in [0.25, 0.3) is 0 Å². The van der Waals surface area contributed by atoms with Crippen molar-refractivity contribution in [1.82, 2.24) is 14.7 Å². The molecule has 8 heteroatoms. The van der Waals surface area contributed by atoms with E-state index in [1.165, 1.54) is 4.90 Å². The number of piperazine rings is 1. The number of halogens is 1. The van der Waals surface area contributed by atoms with E-state index in [-0.39, 0.29) is 11.8 Å². The molecular formula is C25H31ClN4O3. The average molecular weight is 471 g/mol. The van der Waals surface area contributed by atoms with E-state index in [0.717, 1.165) is 31.9 Å². The molecule has 1 N–H and O–H groups in total. The SMILES string of the molecule is CN(C)C(=O)c1ccc(N2CCN(C3CN(C(=O)[C@@](C)(O)c4ccccc4)C3)CC2)cc1Cl. The van der Waals surface area contributed by atoms with E-state index < -0.39 is 5.60 Å². The van der Waals surface area contributed by atoms with Gasteiger partial charge in [-0.2, -0.15) is 0 Å². The highest BCUT2D eigenvalue weighted by Crippen LogP contribution is 2.29. The monoisotopic (exact) mass is 470 g/mol. The molecule has 0 aromatic heterocycles. The Kier molecular flexibility index (Phi) is 6.66. The van der Waals surface area contributed by atoms with E-state index in [9.17, 15) is 14.7 Å². The molecule has 2 aromatic rings. The molecule has 0 aliphatic carbocycles. The number of nitrogens with zero attached hydrogens (tertiary/aromatic N) is 4. The molecule has 0 bridgehead atoms. The van der Waals surface area contributed by atoms with Crippen molar-refractivity contribution in [2.45, 2.75) is 18.6 Å². The van der Waals surface area contributed by atoms with Crippen LogP contribution in [-0.4, -0.2) is 91.0 Å². The van der Waals surface area contributed by atoms with Gasteiger partial charge in [0.1, 0.15) is 0 Å². The van der Waals surface area contributed by atoms with Gasteiger partial charge in [-0.3, -0.25) is 14.5 Å². The molecule has 33 heavy (non-hydrogen) atoms. The van der Waals surface area contributed by atoms with Crippen LogP contribution in [0.2, 0.25) is 5.02 Å². The summed E-state index contributed by atoms with van der Waals surface area (Å²) in [5.41, 5.74) is 0.627. The van der Waals surface area contributed by atoms with Crippen molar-refractivity contribution >= 4 is 29.1 Å². The number of aliphatic hydroxyl groups is 1. The van der Waals surface area contributed by atoms with Gasteiger partial charge >= 0.3 is 0 Å². The molecule has 2 heterocycles. The van der Waals surface area contributed by atoms with Crippen LogP contribution in [-0.2, 0) is 10.4 Å². The van der Waals surface area contributed by atoms with E-state index >= 15 is 0 Å². The van der Waals surface area contributed by atoms with Crippen molar-refractivity contribution in [3.8, 4) is 0 Å². The molecule has 4 rings (SSSR count). The van der Waals surface area contributed by atoms with Crippen LogP contribution in [0.15, 0.2) is 48.5 Å². The van der Waals surface area contributed by atoms with Crippen LogP contribution >= 0.6 is 11.6 Å². The first-order valence-corrected chi connectivity index (χ1v) is 11.6. The van der Waals surface area contributed by atoms with Crippen molar-refractivity contribution < 1.29 is 14.7 Å². The highest BCUT2D eigenvalue weighted by Gasteiger charge is 2.43.